The average Bonchev–Trinajstić information content (AvgIpc) is 2.73. The van der Waals surface area contributed by atoms with Gasteiger partial charge in [-0.15, -0.1) is 0 Å². The molecule has 1 aromatic heterocycles. The Hall–Kier alpha value is -1.83. The lowest BCUT2D eigenvalue weighted by Gasteiger charge is -2.49. The van der Waals surface area contributed by atoms with E-state index in [1.807, 2.05) is 32.0 Å². The van der Waals surface area contributed by atoms with Gasteiger partial charge in [0, 0.05) is 36.3 Å². The minimum atomic E-state index is -3.15. The topological polar surface area (TPSA) is 75.2 Å². The normalized spacial score (nSPS) is 26.6. The maximum Gasteiger partial charge on any atom is 0.211 e. The van der Waals surface area contributed by atoms with E-state index in [1.54, 1.807) is 0 Å². The van der Waals surface area contributed by atoms with Crippen LogP contribution in [0.2, 0.25) is 0 Å². The minimum absolute atomic E-state index is 0.203. The number of nitrogens with zero attached hydrogens (tertiary/aromatic N) is 3. The molecule has 0 spiro atoms. The highest BCUT2D eigenvalue weighted by atomic mass is 32.2. The Labute approximate surface area is 173 Å². The van der Waals surface area contributed by atoms with Crippen molar-refractivity contribution in [3.63, 3.8) is 0 Å². The molecule has 1 N–H and O–H groups in total. The van der Waals surface area contributed by atoms with Crippen LogP contribution >= 0.6 is 0 Å². The van der Waals surface area contributed by atoms with Gasteiger partial charge in [0.15, 0.2) is 0 Å². The molecule has 0 aliphatic carbocycles. The predicted molar refractivity (Wildman–Crippen MR) is 115 cm³/mol. The summed E-state index contributed by atoms with van der Waals surface area (Å²) in [5.41, 5.74) is 3.22. The van der Waals surface area contributed by atoms with Crippen LogP contribution in [0.15, 0.2) is 36.4 Å². The Morgan fingerprint density at radius 3 is 2.69 bits per heavy atom. The lowest BCUT2D eigenvalue weighted by Crippen LogP contribution is -2.56. The summed E-state index contributed by atoms with van der Waals surface area (Å²) in [4.78, 5) is 11.9. The van der Waals surface area contributed by atoms with E-state index in [9.17, 15) is 8.42 Å². The number of fused-ring (bicyclic) bond motifs is 3. The molecular formula is C22H30N4O2S. The summed E-state index contributed by atoms with van der Waals surface area (Å²) < 4.78 is 26.9. The number of benzene rings is 1. The molecule has 1 unspecified atom stereocenters. The molecule has 2 aromatic rings. The van der Waals surface area contributed by atoms with Crippen LogP contribution in [0.3, 0.4) is 0 Å². The van der Waals surface area contributed by atoms with E-state index < -0.39 is 10.0 Å². The highest BCUT2D eigenvalue weighted by Gasteiger charge is 2.41. The van der Waals surface area contributed by atoms with Crippen LogP contribution in [-0.4, -0.2) is 54.7 Å². The van der Waals surface area contributed by atoms with E-state index in [0.717, 1.165) is 48.7 Å². The average molecular weight is 415 g/mol. The van der Waals surface area contributed by atoms with Crippen molar-refractivity contribution in [2.75, 3.05) is 25.4 Å². The molecule has 5 rings (SSSR count). The summed E-state index contributed by atoms with van der Waals surface area (Å²) in [6.45, 7) is 6.35. The molecule has 3 fully saturated rings. The Morgan fingerprint density at radius 1 is 1.21 bits per heavy atom. The second-order valence-corrected chi connectivity index (χ2v) is 10.2. The summed E-state index contributed by atoms with van der Waals surface area (Å²) in [5.74, 6) is 1.94. The molecule has 0 saturated carbocycles. The van der Waals surface area contributed by atoms with Gasteiger partial charge in [0.05, 0.1) is 11.4 Å². The van der Waals surface area contributed by atoms with Crippen LogP contribution in [-0.2, 0) is 10.0 Å². The fourth-order valence-corrected chi connectivity index (χ4v) is 5.92. The molecule has 156 valence electrons. The Bertz CT molecular complexity index is 949. The largest absolute Gasteiger partial charge is 0.298 e. The van der Waals surface area contributed by atoms with E-state index in [2.05, 4.69) is 32.8 Å². The van der Waals surface area contributed by atoms with E-state index in [1.165, 1.54) is 0 Å². The summed E-state index contributed by atoms with van der Waals surface area (Å²) in [6.07, 6.45) is 2.81. The fourth-order valence-electron chi connectivity index (χ4n) is 4.79. The van der Waals surface area contributed by atoms with Gasteiger partial charge in [0.2, 0.25) is 10.0 Å². The Balaban J connectivity index is 1.49. The lowest BCUT2D eigenvalue weighted by atomic mass is 9.74. The second kappa shape index (κ2) is 8.50. The smallest absolute Gasteiger partial charge is 0.211 e. The fraction of sp³-hybridized carbons (Fsp3) is 0.545. The molecule has 2 bridgehead atoms. The summed E-state index contributed by atoms with van der Waals surface area (Å²) in [7, 11) is -3.15. The molecule has 0 amide bonds. The van der Waals surface area contributed by atoms with Crippen LogP contribution in [0.25, 0.3) is 11.3 Å². The number of hydrogen-bond donors (Lipinski definition) is 1. The van der Waals surface area contributed by atoms with Gasteiger partial charge in [-0.2, -0.15) is 0 Å². The third kappa shape index (κ3) is 4.68. The van der Waals surface area contributed by atoms with Gasteiger partial charge in [-0.25, -0.2) is 23.1 Å². The monoisotopic (exact) mass is 414 g/mol. The van der Waals surface area contributed by atoms with Crippen LogP contribution < -0.4 is 4.72 Å². The quantitative estimate of drug-likeness (QED) is 0.754. The van der Waals surface area contributed by atoms with E-state index in [0.29, 0.717) is 24.8 Å². The van der Waals surface area contributed by atoms with Crippen LogP contribution in [0.4, 0.5) is 0 Å². The van der Waals surface area contributed by atoms with Gasteiger partial charge >= 0.3 is 0 Å². The number of aromatic nitrogens is 2. The zero-order valence-electron chi connectivity index (χ0n) is 17.2. The van der Waals surface area contributed by atoms with Crippen molar-refractivity contribution < 1.29 is 8.42 Å². The van der Waals surface area contributed by atoms with Gasteiger partial charge in [-0.3, -0.25) is 4.90 Å². The molecule has 1 aromatic carbocycles. The standard InChI is InChI=1S/C22H30N4O2S/c1-3-11-29(27,28)23-14-19-12-18-9-10-26(19)15-20(18)22-13-21(24-16(2)25-22)17-7-5-4-6-8-17/h4-8,13,18-20,23H,3,9-12,14-15H2,1-2H3/t18-,19+,20-/m0/s1. The number of aryl methyl sites for hydroxylation is 1. The van der Waals surface area contributed by atoms with Gasteiger partial charge in [0.25, 0.3) is 0 Å². The molecular weight excluding hydrogens is 384 g/mol. The molecule has 3 aliphatic rings. The minimum Gasteiger partial charge on any atom is -0.298 e. The summed E-state index contributed by atoms with van der Waals surface area (Å²) in [6, 6.07) is 12.7. The zero-order chi connectivity index (χ0) is 20.4. The highest BCUT2D eigenvalue weighted by Crippen LogP contribution is 2.41. The highest BCUT2D eigenvalue weighted by molar-refractivity contribution is 7.89. The number of nitrogens with one attached hydrogen (secondary N) is 1. The molecule has 29 heavy (non-hydrogen) atoms. The van der Waals surface area contributed by atoms with Crippen LogP contribution in [0, 0.1) is 12.8 Å². The maximum atomic E-state index is 12.0. The van der Waals surface area contributed by atoms with Gasteiger partial charge in [-0.1, -0.05) is 37.3 Å². The van der Waals surface area contributed by atoms with Crippen molar-refractivity contribution in [3.8, 4) is 11.3 Å². The van der Waals surface area contributed by atoms with E-state index in [-0.39, 0.29) is 11.8 Å². The van der Waals surface area contributed by atoms with Crippen molar-refractivity contribution >= 4 is 10.0 Å². The molecule has 7 heteroatoms. The second-order valence-electron chi connectivity index (χ2n) is 8.30. The van der Waals surface area contributed by atoms with Crippen molar-refractivity contribution in [1.82, 2.24) is 19.6 Å². The van der Waals surface area contributed by atoms with E-state index >= 15 is 0 Å². The predicted octanol–water partition coefficient (Wildman–Crippen LogP) is 2.96. The maximum absolute atomic E-state index is 12.0. The van der Waals surface area contributed by atoms with Crippen molar-refractivity contribution in [2.24, 2.45) is 5.92 Å². The molecule has 3 saturated heterocycles. The first-order chi connectivity index (χ1) is 13.9. The van der Waals surface area contributed by atoms with E-state index in [4.69, 9.17) is 4.98 Å². The van der Waals surface area contributed by atoms with Crippen molar-refractivity contribution in [2.45, 2.75) is 45.1 Å². The Morgan fingerprint density at radius 2 is 2.00 bits per heavy atom. The number of piperidine rings is 3. The number of rotatable bonds is 7. The van der Waals surface area contributed by atoms with Crippen LogP contribution in [0.1, 0.15) is 43.6 Å². The zero-order valence-corrected chi connectivity index (χ0v) is 18.0. The number of sulfonamides is 1. The van der Waals surface area contributed by atoms with Crippen molar-refractivity contribution in [3.05, 3.63) is 47.9 Å². The van der Waals surface area contributed by atoms with Crippen LogP contribution in [0.5, 0.6) is 0 Å². The molecule has 0 radical (unpaired) electrons. The first-order valence-electron chi connectivity index (χ1n) is 10.6. The van der Waals surface area contributed by atoms with Gasteiger partial charge < -0.3 is 0 Å². The third-order valence-electron chi connectivity index (χ3n) is 6.20. The first-order valence-corrected chi connectivity index (χ1v) is 12.2. The lowest BCUT2D eigenvalue weighted by molar-refractivity contribution is 0.0317. The first kappa shape index (κ1) is 20.4. The number of hydrogen-bond acceptors (Lipinski definition) is 5. The summed E-state index contributed by atoms with van der Waals surface area (Å²) in [5, 5.41) is 0. The third-order valence-corrected chi connectivity index (χ3v) is 7.75. The molecule has 4 heterocycles. The van der Waals surface area contributed by atoms with Crippen molar-refractivity contribution in [1.29, 1.82) is 0 Å². The summed E-state index contributed by atoms with van der Waals surface area (Å²) >= 11 is 0. The van der Waals surface area contributed by atoms with Gasteiger partial charge in [-0.05, 0) is 44.7 Å². The van der Waals surface area contributed by atoms with Gasteiger partial charge in [0.1, 0.15) is 5.82 Å². The SMILES string of the molecule is CCCS(=O)(=O)NC[C@H]1C[C@@H]2CCN1C[C@@H]2c1cc(-c2ccccc2)nc(C)n1. The molecule has 3 aliphatic heterocycles. The molecule has 6 nitrogen and oxygen atoms in total. The molecule has 4 atom stereocenters. The Kier molecular flexibility index (Phi) is 5.99.